The zero-order valence-electron chi connectivity index (χ0n) is 12.9. The second-order valence-electron chi connectivity index (χ2n) is 5.72. The maximum atomic E-state index is 12.3. The monoisotopic (exact) mass is 295 g/mol. The van der Waals surface area contributed by atoms with Crippen LogP contribution in [0.4, 0.5) is 10.5 Å². The summed E-state index contributed by atoms with van der Waals surface area (Å²) >= 11 is 0. The first-order valence-corrected chi connectivity index (χ1v) is 7.81. The van der Waals surface area contributed by atoms with E-state index in [9.17, 15) is 4.79 Å². The van der Waals surface area contributed by atoms with Crippen LogP contribution in [-0.2, 0) is 0 Å². The summed E-state index contributed by atoms with van der Waals surface area (Å²) in [6.07, 6.45) is 4.35. The van der Waals surface area contributed by atoms with Gasteiger partial charge in [0.05, 0.1) is 5.69 Å². The van der Waals surface area contributed by atoms with E-state index in [1.54, 1.807) is 0 Å². The van der Waals surface area contributed by atoms with E-state index in [4.69, 9.17) is 0 Å². The molecule has 1 saturated heterocycles. The molecule has 0 saturated carbocycles. The third-order valence-corrected chi connectivity index (χ3v) is 4.10. The van der Waals surface area contributed by atoms with Gasteiger partial charge in [-0.15, -0.1) is 0 Å². The minimum atomic E-state index is -0.292. The summed E-state index contributed by atoms with van der Waals surface area (Å²) < 4.78 is 0. The maximum absolute atomic E-state index is 12.3. The highest BCUT2D eigenvalue weighted by Crippen LogP contribution is 2.23. The topological polar surface area (TPSA) is 44.7 Å². The number of amidine groups is 1. The fourth-order valence-corrected chi connectivity index (χ4v) is 2.86. The Hall–Kier alpha value is -2.36. The largest absolute Gasteiger partial charge is 0.363 e. The van der Waals surface area contributed by atoms with Crippen LogP contribution in [0.5, 0.6) is 0 Å². The number of hydrogen-bond donors (Lipinski definition) is 1. The first-order valence-electron chi connectivity index (χ1n) is 7.81. The molecule has 1 fully saturated rings. The summed E-state index contributed by atoms with van der Waals surface area (Å²) in [7, 11) is 2.01. The van der Waals surface area contributed by atoms with E-state index in [-0.39, 0.29) is 6.03 Å². The lowest BCUT2D eigenvalue weighted by atomic mass is 10.1. The molecule has 1 aliphatic heterocycles. The number of carbonyl (C=O) groups excluding carboxylic acids is 1. The second kappa shape index (κ2) is 6.60. The van der Waals surface area contributed by atoms with Crippen LogP contribution in [0.2, 0.25) is 0 Å². The van der Waals surface area contributed by atoms with Gasteiger partial charge < -0.3 is 10.2 Å². The van der Waals surface area contributed by atoms with Gasteiger partial charge in [-0.05, 0) is 24.3 Å². The van der Waals surface area contributed by atoms with Gasteiger partial charge in [-0.2, -0.15) is 4.99 Å². The molecule has 22 heavy (non-hydrogen) atoms. The molecular weight excluding hydrogens is 274 g/mol. The number of carbonyl (C=O) groups is 1. The molecule has 2 aromatic carbocycles. The van der Waals surface area contributed by atoms with E-state index >= 15 is 0 Å². The molecule has 0 spiro atoms. The van der Waals surface area contributed by atoms with Gasteiger partial charge in [0.1, 0.15) is 5.84 Å². The van der Waals surface area contributed by atoms with Crippen molar-refractivity contribution in [3.63, 3.8) is 0 Å². The third-order valence-electron chi connectivity index (χ3n) is 4.10. The zero-order chi connectivity index (χ0) is 15.4. The predicted octanol–water partition coefficient (Wildman–Crippen LogP) is 4.28. The van der Waals surface area contributed by atoms with Crippen LogP contribution in [0, 0.1) is 0 Å². The molecule has 4 heteroatoms. The number of rotatable bonds is 1. The Balaban J connectivity index is 1.81. The minimum Gasteiger partial charge on any atom is -0.363 e. The van der Waals surface area contributed by atoms with Crippen LogP contribution in [0.1, 0.15) is 25.7 Å². The number of likely N-dealkylation sites (tertiary alicyclic amines) is 1. The highest BCUT2D eigenvalue weighted by molar-refractivity contribution is 6.05. The standard InChI is InChI=1S/C18H21N3O/c1-21-13-6-2-3-12-17(21)20-18(22)19-16-11-7-9-14-8-4-5-10-15(14)16/h4-5,7-11H,2-3,6,12-13H2,1H3,(H,19,22). The lowest BCUT2D eigenvalue weighted by molar-refractivity contribution is 0.259. The van der Waals surface area contributed by atoms with Crippen LogP contribution in [0.3, 0.4) is 0 Å². The summed E-state index contributed by atoms with van der Waals surface area (Å²) in [6, 6.07) is 13.6. The van der Waals surface area contributed by atoms with Gasteiger partial charge in [0.2, 0.25) is 0 Å². The van der Waals surface area contributed by atoms with Crippen LogP contribution < -0.4 is 5.32 Å². The molecule has 3 rings (SSSR count). The van der Waals surface area contributed by atoms with Crippen molar-refractivity contribution < 1.29 is 4.79 Å². The Bertz CT molecular complexity index is 703. The van der Waals surface area contributed by atoms with Gasteiger partial charge in [-0.1, -0.05) is 42.8 Å². The first-order chi connectivity index (χ1) is 10.7. The highest BCUT2D eigenvalue weighted by Gasteiger charge is 2.13. The number of hydrogen-bond acceptors (Lipinski definition) is 1. The molecule has 114 valence electrons. The summed E-state index contributed by atoms with van der Waals surface area (Å²) in [4.78, 5) is 18.6. The predicted molar refractivity (Wildman–Crippen MR) is 91.5 cm³/mol. The molecule has 2 amide bonds. The molecule has 2 aromatic rings. The summed E-state index contributed by atoms with van der Waals surface area (Å²) in [5, 5.41) is 5.07. The summed E-state index contributed by atoms with van der Waals surface area (Å²) in [6.45, 7) is 0.973. The van der Waals surface area contributed by atoms with Crippen molar-refractivity contribution in [2.45, 2.75) is 25.7 Å². The van der Waals surface area contributed by atoms with Gasteiger partial charge in [0.15, 0.2) is 0 Å². The molecule has 0 atom stereocenters. The molecule has 0 aliphatic carbocycles. The van der Waals surface area contributed by atoms with E-state index in [0.29, 0.717) is 0 Å². The SMILES string of the molecule is CN1CCCCCC1=NC(=O)Nc1cccc2ccccc12. The van der Waals surface area contributed by atoms with Crippen molar-refractivity contribution in [3.05, 3.63) is 42.5 Å². The summed E-state index contributed by atoms with van der Waals surface area (Å²) in [5.74, 6) is 0.884. The fraction of sp³-hybridized carbons (Fsp3) is 0.333. The Kier molecular flexibility index (Phi) is 4.37. The highest BCUT2D eigenvalue weighted by atomic mass is 16.2. The van der Waals surface area contributed by atoms with Crippen LogP contribution in [-0.4, -0.2) is 30.4 Å². The van der Waals surface area contributed by atoms with Gasteiger partial charge in [0, 0.05) is 25.4 Å². The lowest BCUT2D eigenvalue weighted by Gasteiger charge is -2.17. The number of benzene rings is 2. The number of anilines is 1. The van der Waals surface area contributed by atoms with Crippen molar-refractivity contribution in [2.24, 2.45) is 4.99 Å². The van der Waals surface area contributed by atoms with E-state index in [2.05, 4.69) is 15.2 Å². The molecule has 1 heterocycles. The Labute approximate surface area is 130 Å². The normalized spacial score (nSPS) is 17.5. The number of aliphatic imine (C=N–C) groups is 1. The first kappa shape index (κ1) is 14.6. The molecule has 1 N–H and O–H groups in total. The molecule has 1 aliphatic rings. The quantitative estimate of drug-likeness (QED) is 0.853. The third kappa shape index (κ3) is 3.27. The Morgan fingerprint density at radius 3 is 2.82 bits per heavy atom. The molecule has 0 unspecified atom stereocenters. The minimum absolute atomic E-state index is 0.292. The van der Waals surface area contributed by atoms with E-state index < -0.39 is 0 Å². The second-order valence-corrected chi connectivity index (χ2v) is 5.72. The van der Waals surface area contributed by atoms with Crippen LogP contribution in [0.15, 0.2) is 47.5 Å². The van der Waals surface area contributed by atoms with Gasteiger partial charge >= 0.3 is 6.03 Å². The lowest BCUT2D eigenvalue weighted by Crippen LogP contribution is -2.27. The van der Waals surface area contributed by atoms with Crippen molar-refractivity contribution in [2.75, 3.05) is 18.9 Å². The van der Waals surface area contributed by atoms with E-state index in [1.807, 2.05) is 49.5 Å². The van der Waals surface area contributed by atoms with Gasteiger partial charge in [0.25, 0.3) is 0 Å². The van der Waals surface area contributed by atoms with Crippen molar-refractivity contribution in [1.29, 1.82) is 0 Å². The van der Waals surface area contributed by atoms with Crippen LogP contribution >= 0.6 is 0 Å². The molecule has 4 nitrogen and oxygen atoms in total. The van der Waals surface area contributed by atoms with Crippen molar-refractivity contribution in [1.82, 2.24) is 4.90 Å². The Morgan fingerprint density at radius 1 is 1.09 bits per heavy atom. The summed E-state index contributed by atoms with van der Waals surface area (Å²) in [5.41, 5.74) is 0.809. The van der Waals surface area contributed by atoms with Crippen LogP contribution in [0.25, 0.3) is 10.8 Å². The number of nitrogens with zero attached hydrogens (tertiary/aromatic N) is 2. The van der Waals surface area contributed by atoms with Gasteiger partial charge in [-0.3, -0.25) is 0 Å². The average molecular weight is 295 g/mol. The molecular formula is C18H21N3O. The smallest absolute Gasteiger partial charge is 0.347 e. The van der Waals surface area contributed by atoms with Crippen molar-refractivity contribution in [3.8, 4) is 0 Å². The Morgan fingerprint density at radius 2 is 1.91 bits per heavy atom. The van der Waals surface area contributed by atoms with E-state index in [1.165, 1.54) is 12.8 Å². The number of fused-ring (bicyclic) bond motifs is 1. The van der Waals surface area contributed by atoms with Gasteiger partial charge in [-0.25, -0.2) is 4.79 Å². The molecule has 0 aromatic heterocycles. The maximum Gasteiger partial charge on any atom is 0.347 e. The van der Waals surface area contributed by atoms with Crippen molar-refractivity contribution >= 4 is 28.3 Å². The molecule has 0 bridgehead atoms. The number of amides is 2. The fourth-order valence-electron chi connectivity index (χ4n) is 2.86. The van der Waals surface area contributed by atoms with E-state index in [0.717, 1.165) is 41.7 Å². The number of urea groups is 1. The zero-order valence-corrected chi connectivity index (χ0v) is 12.9. The average Bonchev–Trinajstić information content (AvgIpc) is 2.73. The number of nitrogens with one attached hydrogen (secondary N) is 1. The molecule has 0 radical (unpaired) electrons.